The van der Waals surface area contributed by atoms with Crippen molar-refractivity contribution in [2.24, 2.45) is 5.92 Å². The largest absolute Gasteiger partial charge is 0.453 e. The predicted molar refractivity (Wildman–Crippen MR) is 121 cm³/mol. The van der Waals surface area contributed by atoms with Gasteiger partial charge in [-0.1, -0.05) is 19.8 Å². The minimum atomic E-state index is -0.375. The molecule has 3 heterocycles. The van der Waals surface area contributed by atoms with E-state index in [0.29, 0.717) is 24.4 Å². The number of nitrogens with one attached hydrogen (secondary N) is 2. The maximum atomic E-state index is 11.3. The number of nitrogens with zero attached hydrogens (tertiary/aromatic N) is 3. The summed E-state index contributed by atoms with van der Waals surface area (Å²) in [5.74, 6) is 3.43. The number of amides is 1. The van der Waals surface area contributed by atoms with Crippen LogP contribution in [0.5, 0.6) is 0 Å². The number of methoxy groups -OCH3 is 1. The average molecular weight is 418 g/mol. The Labute approximate surface area is 182 Å². The highest BCUT2D eigenvalue weighted by molar-refractivity contribution is 5.69. The number of ether oxygens (including phenoxy) is 1. The zero-order chi connectivity index (χ0) is 22.0. The molecule has 3 aromatic rings. The molecule has 0 saturated heterocycles. The molecule has 31 heavy (non-hydrogen) atoms. The predicted octanol–water partition coefficient (Wildman–Crippen LogP) is 4.05. The molecule has 0 radical (unpaired) electrons. The Hall–Kier alpha value is -3.53. The van der Waals surface area contributed by atoms with E-state index >= 15 is 0 Å². The molecule has 1 amide bonds. The Bertz CT molecular complexity index is 1140. The molecule has 0 spiro atoms. The van der Waals surface area contributed by atoms with E-state index in [1.54, 1.807) is 6.20 Å². The van der Waals surface area contributed by atoms with Crippen molar-refractivity contribution >= 4 is 17.3 Å². The molecule has 0 aromatic carbocycles. The second-order valence-corrected chi connectivity index (χ2v) is 8.31. The lowest BCUT2D eigenvalue weighted by atomic mass is 9.80. The summed E-state index contributed by atoms with van der Waals surface area (Å²) in [5, 5.41) is 11.0. The van der Waals surface area contributed by atoms with E-state index in [1.165, 1.54) is 12.7 Å². The Kier molecular flexibility index (Phi) is 5.81. The second kappa shape index (κ2) is 8.68. The van der Waals surface area contributed by atoms with E-state index in [0.717, 1.165) is 41.0 Å². The van der Waals surface area contributed by atoms with Crippen molar-refractivity contribution in [3.8, 4) is 23.7 Å². The minimum absolute atomic E-state index is 0.348. The average Bonchev–Trinajstić information content (AvgIpc) is 3.17. The third kappa shape index (κ3) is 4.33. The number of hydrogen-bond acceptors (Lipinski definition) is 5. The summed E-state index contributed by atoms with van der Waals surface area (Å²) in [6.07, 6.45) is 10.8. The third-order valence-corrected chi connectivity index (χ3v) is 5.80. The maximum absolute atomic E-state index is 11.3. The molecule has 0 atom stereocenters. The second-order valence-electron chi connectivity index (χ2n) is 8.31. The molecule has 1 aliphatic carbocycles. The van der Waals surface area contributed by atoms with Gasteiger partial charge in [-0.25, -0.2) is 9.31 Å². The third-order valence-electron chi connectivity index (χ3n) is 5.80. The monoisotopic (exact) mass is 417 g/mol. The molecule has 0 unspecified atom stereocenters. The lowest BCUT2D eigenvalue weighted by molar-refractivity contribution is 0.164. The SMILES string of the molecule is C#Cc1cnn2c(-c3cc(NC4CC(CNC(=O)OC)C4)c(C(C)C)cn3)ccc2c1. The van der Waals surface area contributed by atoms with Gasteiger partial charge in [0, 0.05) is 30.0 Å². The van der Waals surface area contributed by atoms with Crippen LogP contribution in [-0.4, -0.2) is 40.4 Å². The van der Waals surface area contributed by atoms with E-state index in [2.05, 4.69) is 46.3 Å². The van der Waals surface area contributed by atoms with Crippen molar-refractivity contribution in [2.75, 3.05) is 19.0 Å². The molecule has 7 heteroatoms. The number of hydrogen-bond donors (Lipinski definition) is 2. The van der Waals surface area contributed by atoms with Crippen LogP contribution >= 0.6 is 0 Å². The first kappa shape index (κ1) is 20.7. The number of terminal acetylenes is 1. The van der Waals surface area contributed by atoms with E-state index < -0.39 is 0 Å². The van der Waals surface area contributed by atoms with Gasteiger partial charge in [0.05, 0.1) is 30.2 Å². The summed E-state index contributed by atoms with van der Waals surface area (Å²) in [7, 11) is 1.38. The summed E-state index contributed by atoms with van der Waals surface area (Å²) in [5.41, 5.74) is 5.75. The van der Waals surface area contributed by atoms with Gasteiger partial charge in [0.15, 0.2) is 0 Å². The molecule has 1 aliphatic rings. The Morgan fingerprint density at radius 3 is 2.84 bits per heavy atom. The zero-order valence-electron chi connectivity index (χ0n) is 18.1. The molecule has 160 valence electrons. The summed E-state index contributed by atoms with van der Waals surface area (Å²) >= 11 is 0. The molecule has 7 nitrogen and oxygen atoms in total. The van der Waals surface area contributed by atoms with Gasteiger partial charge in [0.1, 0.15) is 0 Å². The highest BCUT2D eigenvalue weighted by Gasteiger charge is 2.30. The fourth-order valence-electron chi connectivity index (χ4n) is 4.00. The summed E-state index contributed by atoms with van der Waals surface area (Å²) in [4.78, 5) is 16.0. The van der Waals surface area contributed by atoms with Crippen LogP contribution in [0, 0.1) is 18.3 Å². The van der Waals surface area contributed by atoms with Crippen LogP contribution in [0.2, 0.25) is 0 Å². The van der Waals surface area contributed by atoms with Gasteiger partial charge in [-0.3, -0.25) is 4.98 Å². The van der Waals surface area contributed by atoms with Gasteiger partial charge in [-0.05, 0) is 54.5 Å². The zero-order valence-corrected chi connectivity index (χ0v) is 18.1. The van der Waals surface area contributed by atoms with E-state index in [9.17, 15) is 4.79 Å². The number of aromatic nitrogens is 3. The van der Waals surface area contributed by atoms with Crippen LogP contribution in [0.3, 0.4) is 0 Å². The highest BCUT2D eigenvalue weighted by atomic mass is 16.5. The van der Waals surface area contributed by atoms with Crippen molar-refractivity contribution < 1.29 is 9.53 Å². The van der Waals surface area contributed by atoms with Crippen molar-refractivity contribution in [3.63, 3.8) is 0 Å². The Balaban J connectivity index is 1.53. The molecular formula is C24H27N5O2. The van der Waals surface area contributed by atoms with Crippen LogP contribution in [-0.2, 0) is 4.74 Å². The van der Waals surface area contributed by atoms with Crippen LogP contribution in [0.25, 0.3) is 16.9 Å². The first-order chi connectivity index (χ1) is 15.0. The maximum Gasteiger partial charge on any atom is 0.406 e. The van der Waals surface area contributed by atoms with Gasteiger partial charge in [-0.2, -0.15) is 5.10 Å². The van der Waals surface area contributed by atoms with Crippen molar-refractivity contribution in [3.05, 3.63) is 47.8 Å². The fourth-order valence-corrected chi connectivity index (χ4v) is 4.00. The van der Waals surface area contributed by atoms with Crippen molar-refractivity contribution in [2.45, 2.75) is 38.6 Å². The lowest BCUT2D eigenvalue weighted by Gasteiger charge is -2.37. The van der Waals surface area contributed by atoms with Crippen molar-refractivity contribution in [1.29, 1.82) is 0 Å². The standard InChI is InChI=1S/C24H27N5O2/c1-5-16-10-19-6-7-23(29(19)27-13-16)22-11-21(20(14-25-22)15(2)3)28-18-8-17(9-18)12-26-24(30)31-4/h1,6-7,10-11,13-15,17-18H,8-9,12H2,2-4H3,(H,25,28)(H,26,30). The van der Waals surface area contributed by atoms with E-state index in [4.69, 9.17) is 11.4 Å². The van der Waals surface area contributed by atoms with Gasteiger partial charge in [-0.15, -0.1) is 6.42 Å². The number of pyridine rings is 1. The fraction of sp³-hybridized carbons (Fsp3) is 0.375. The van der Waals surface area contributed by atoms with Gasteiger partial charge < -0.3 is 15.4 Å². The number of alkyl carbamates (subject to hydrolysis) is 1. The summed E-state index contributed by atoms with van der Waals surface area (Å²) in [6, 6.07) is 8.43. The molecule has 0 aliphatic heterocycles. The first-order valence-electron chi connectivity index (χ1n) is 10.5. The molecular weight excluding hydrogens is 390 g/mol. The molecule has 0 bridgehead atoms. The highest BCUT2D eigenvalue weighted by Crippen LogP contribution is 2.34. The van der Waals surface area contributed by atoms with Gasteiger partial charge in [0.25, 0.3) is 0 Å². The Morgan fingerprint density at radius 1 is 1.32 bits per heavy atom. The summed E-state index contributed by atoms with van der Waals surface area (Å²) < 4.78 is 6.50. The number of anilines is 1. The Morgan fingerprint density at radius 2 is 2.13 bits per heavy atom. The van der Waals surface area contributed by atoms with Crippen molar-refractivity contribution in [1.82, 2.24) is 19.9 Å². The lowest BCUT2D eigenvalue weighted by Crippen LogP contribution is -2.42. The number of fused-ring (bicyclic) bond motifs is 1. The topological polar surface area (TPSA) is 80.5 Å². The minimum Gasteiger partial charge on any atom is -0.453 e. The number of carbonyl (C=O) groups excluding carboxylic acids is 1. The van der Waals surface area contributed by atoms with Crippen LogP contribution in [0.15, 0.2) is 36.7 Å². The smallest absolute Gasteiger partial charge is 0.406 e. The van der Waals surface area contributed by atoms with Crippen LogP contribution in [0.1, 0.15) is 43.7 Å². The van der Waals surface area contributed by atoms with Gasteiger partial charge in [0.2, 0.25) is 0 Å². The molecule has 1 fully saturated rings. The number of carbonyl (C=O) groups is 1. The van der Waals surface area contributed by atoms with Gasteiger partial charge >= 0.3 is 6.09 Å². The van der Waals surface area contributed by atoms with E-state index in [-0.39, 0.29) is 6.09 Å². The first-order valence-corrected chi connectivity index (χ1v) is 10.5. The van der Waals surface area contributed by atoms with Crippen LogP contribution in [0.4, 0.5) is 10.5 Å². The van der Waals surface area contributed by atoms with Crippen LogP contribution < -0.4 is 10.6 Å². The normalized spacial score (nSPS) is 17.8. The van der Waals surface area contributed by atoms with E-state index in [1.807, 2.05) is 28.9 Å². The molecule has 4 rings (SSSR count). The summed E-state index contributed by atoms with van der Waals surface area (Å²) in [6.45, 7) is 4.98. The molecule has 1 saturated carbocycles. The number of rotatable bonds is 6. The quantitative estimate of drug-likeness (QED) is 0.592. The molecule has 2 N–H and O–H groups in total. The molecule has 3 aromatic heterocycles.